The number of carboxylic acid groups (broad SMARTS) is 2. The molecule has 1 aromatic carbocycles. The maximum absolute atomic E-state index is 12.4. The number of benzene rings is 1. The number of carbonyl (C=O) groups is 2. The molecule has 2 aromatic heterocycles. The smallest absolute Gasteiger partial charge is 0.325 e. The van der Waals surface area contributed by atoms with Gasteiger partial charge in [0.15, 0.2) is 0 Å². The van der Waals surface area contributed by atoms with Crippen LogP contribution < -0.4 is 4.74 Å². The van der Waals surface area contributed by atoms with Gasteiger partial charge >= 0.3 is 11.9 Å². The highest BCUT2D eigenvalue weighted by molar-refractivity contribution is 5.91. The number of carboxylic acids is 2. The molecule has 0 aliphatic carbocycles. The van der Waals surface area contributed by atoms with Crippen molar-refractivity contribution >= 4 is 22.8 Å². The van der Waals surface area contributed by atoms with Crippen molar-refractivity contribution in [2.45, 2.75) is 19.1 Å². The van der Waals surface area contributed by atoms with Crippen molar-refractivity contribution in [3.63, 3.8) is 0 Å². The predicted molar refractivity (Wildman–Crippen MR) is 118 cm³/mol. The number of hydrogen-bond donors (Lipinski definition) is 2. The molecule has 1 atom stereocenters. The molecule has 0 spiro atoms. The third-order valence-corrected chi connectivity index (χ3v) is 5.88. The van der Waals surface area contributed by atoms with E-state index in [9.17, 15) is 19.8 Å². The van der Waals surface area contributed by atoms with Gasteiger partial charge in [0.25, 0.3) is 0 Å². The van der Waals surface area contributed by atoms with Crippen LogP contribution in [0.15, 0.2) is 48.9 Å². The molecule has 0 bridgehead atoms. The highest BCUT2D eigenvalue weighted by Gasteiger charge is 2.33. The van der Waals surface area contributed by atoms with Crippen molar-refractivity contribution in [3.8, 4) is 5.75 Å². The van der Waals surface area contributed by atoms with E-state index >= 15 is 0 Å². The van der Waals surface area contributed by atoms with Gasteiger partial charge in [0, 0.05) is 67.8 Å². The molecular weight excluding hydrogens is 412 g/mol. The van der Waals surface area contributed by atoms with Crippen LogP contribution in [0.1, 0.15) is 17.2 Å². The standard InChI is InChI=1S/C23H26N4O5/c1-32-17-2-3-20-18(12-17)19(14-27(20)15-21(28)29)22(23(30)31)26-10-8-25(9-11-26)13-16-4-6-24-7-5-16/h2-7,12,14,22H,8-11,13,15H2,1H3,(H,28,29)(H,30,31)/t22-/m1/s1. The number of nitrogens with zero attached hydrogens (tertiary/aromatic N) is 4. The Morgan fingerprint density at radius 1 is 1.09 bits per heavy atom. The van der Waals surface area contributed by atoms with Gasteiger partial charge in [0.1, 0.15) is 18.3 Å². The lowest BCUT2D eigenvalue weighted by atomic mass is 10.0. The van der Waals surface area contributed by atoms with Crippen LogP contribution in [0.3, 0.4) is 0 Å². The van der Waals surface area contributed by atoms with E-state index in [2.05, 4.69) is 9.88 Å². The van der Waals surface area contributed by atoms with Crippen LogP contribution in [0.5, 0.6) is 5.75 Å². The lowest BCUT2D eigenvalue weighted by molar-refractivity contribution is -0.144. The van der Waals surface area contributed by atoms with Crippen LogP contribution in [-0.4, -0.2) is 74.8 Å². The molecule has 0 amide bonds. The van der Waals surface area contributed by atoms with Crippen LogP contribution in [0.4, 0.5) is 0 Å². The highest BCUT2D eigenvalue weighted by Crippen LogP contribution is 2.33. The minimum absolute atomic E-state index is 0.241. The number of rotatable bonds is 8. The zero-order valence-electron chi connectivity index (χ0n) is 17.8. The molecule has 2 N–H and O–H groups in total. The van der Waals surface area contributed by atoms with E-state index in [1.807, 2.05) is 17.0 Å². The third-order valence-electron chi connectivity index (χ3n) is 5.88. The number of piperazine rings is 1. The monoisotopic (exact) mass is 438 g/mol. The van der Waals surface area contributed by atoms with Crippen molar-refractivity contribution in [1.29, 1.82) is 0 Å². The summed E-state index contributed by atoms with van der Waals surface area (Å²) in [7, 11) is 1.55. The van der Waals surface area contributed by atoms with Gasteiger partial charge in [-0.15, -0.1) is 0 Å². The van der Waals surface area contributed by atoms with Crippen molar-refractivity contribution in [2.75, 3.05) is 33.3 Å². The fourth-order valence-electron chi connectivity index (χ4n) is 4.34. The Hall–Kier alpha value is -3.43. The summed E-state index contributed by atoms with van der Waals surface area (Å²) in [6, 6.07) is 8.39. The van der Waals surface area contributed by atoms with E-state index in [1.165, 1.54) is 5.56 Å². The van der Waals surface area contributed by atoms with Crippen molar-refractivity contribution in [2.24, 2.45) is 0 Å². The van der Waals surface area contributed by atoms with E-state index in [0.29, 0.717) is 35.3 Å². The minimum Gasteiger partial charge on any atom is -0.497 e. The van der Waals surface area contributed by atoms with Gasteiger partial charge < -0.3 is 19.5 Å². The number of ether oxygens (including phenoxy) is 1. The zero-order valence-corrected chi connectivity index (χ0v) is 17.8. The lowest BCUT2D eigenvalue weighted by Gasteiger charge is -2.37. The van der Waals surface area contributed by atoms with Gasteiger partial charge in [-0.2, -0.15) is 0 Å². The quantitative estimate of drug-likeness (QED) is 0.550. The van der Waals surface area contributed by atoms with E-state index < -0.39 is 18.0 Å². The molecule has 1 saturated heterocycles. The van der Waals surface area contributed by atoms with Crippen LogP contribution in [0.2, 0.25) is 0 Å². The first-order valence-corrected chi connectivity index (χ1v) is 10.4. The van der Waals surface area contributed by atoms with Crippen molar-refractivity contribution in [3.05, 3.63) is 60.0 Å². The summed E-state index contributed by atoms with van der Waals surface area (Å²) in [6.07, 6.45) is 5.20. The fourth-order valence-corrected chi connectivity index (χ4v) is 4.34. The second-order valence-corrected chi connectivity index (χ2v) is 7.90. The van der Waals surface area contributed by atoms with Crippen LogP contribution in [0, 0.1) is 0 Å². The van der Waals surface area contributed by atoms with Gasteiger partial charge in [-0.3, -0.25) is 24.4 Å². The topological polar surface area (TPSA) is 108 Å². The maximum atomic E-state index is 12.4. The van der Waals surface area contributed by atoms with Gasteiger partial charge in [-0.05, 0) is 35.9 Å². The first-order valence-electron chi connectivity index (χ1n) is 10.4. The Morgan fingerprint density at radius 3 is 2.44 bits per heavy atom. The molecule has 0 radical (unpaired) electrons. The Kier molecular flexibility index (Phi) is 6.38. The molecule has 1 fully saturated rings. The maximum Gasteiger partial charge on any atom is 0.325 e. The average Bonchev–Trinajstić information content (AvgIpc) is 3.12. The first kappa shape index (κ1) is 21.8. The molecule has 0 saturated carbocycles. The molecule has 1 aliphatic rings. The van der Waals surface area contributed by atoms with E-state index in [4.69, 9.17) is 4.74 Å². The molecule has 9 nitrogen and oxygen atoms in total. The second-order valence-electron chi connectivity index (χ2n) is 7.90. The average molecular weight is 438 g/mol. The Labute approximate surface area is 185 Å². The molecule has 3 aromatic rings. The lowest BCUT2D eigenvalue weighted by Crippen LogP contribution is -2.48. The van der Waals surface area contributed by atoms with Gasteiger partial charge in [0.05, 0.1) is 7.11 Å². The molecule has 1 aliphatic heterocycles. The van der Waals surface area contributed by atoms with Crippen LogP contribution in [-0.2, 0) is 22.7 Å². The summed E-state index contributed by atoms with van der Waals surface area (Å²) >= 11 is 0. The summed E-state index contributed by atoms with van der Waals surface area (Å²) in [4.78, 5) is 32.0. The summed E-state index contributed by atoms with van der Waals surface area (Å²) in [5, 5.41) is 20.1. The molecule has 32 heavy (non-hydrogen) atoms. The number of aliphatic carboxylic acids is 2. The van der Waals surface area contributed by atoms with Gasteiger partial charge in [-0.25, -0.2) is 0 Å². The molecule has 4 rings (SSSR count). The summed E-state index contributed by atoms with van der Waals surface area (Å²) in [5.74, 6) is -1.34. The van der Waals surface area contributed by atoms with E-state index in [0.717, 1.165) is 19.6 Å². The number of pyridine rings is 1. The second kappa shape index (κ2) is 9.37. The first-order chi connectivity index (χ1) is 15.5. The fraction of sp³-hybridized carbons (Fsp3) is 0.348. The Bertz CT molecular complexity index is 1110. The van der Waals surface area contributed by atoms with Crippen molar-refractivity contribution < 1.29 is 24.5 Å². The van der Waals surface area contributed by atoms with E-state index in [-0.39, 0.29) is 6.54 Å². The Balaban J connectivity index is 1.60. The van der Waals surface area contributed by atoms with Crippen LogP contribution >= 0.6 is 0 Å². The molecule has 3 heterocycles. The zero-order chi connectivity index (χ0) is 22.7. The normalized spacial score (nSPS) is 16.2. The SMILES string of the molecule is COc1ccc2c(c1)c([C@H](C(=O)O)N1CCN(Cc3ccncc3)CC1)cn2CC(=O)O. The molecular formula is C23H26N4O5. The number of methoxy groups -OCH3 is 1. The van der Waals surface area contributed by atoms with Gasteiger partial charge in [-0.1, -0.05) is 0 Å². The third kappa shape index (κ3) is 4.58. The van der Waals surface area contributed by atoms with Crippen LogP contribution in [0.25, 0.3) is 10.9 Å². The number of fused-ring (bicyclic) bond motifs is 1. The van der Waals surface area contributed by atoms with Crippen molar-refractivity contribution in [1.82, 2.24) is 19.4 Å². The molecule has 9 heteroatoms. The molecule has 168 valence electrons. The largest absolute Gasteiger partial charge is 0.497 e. The highest BCUT2D eigenvalue weighted by atomic mass is 16.5. The summed E-state index contributed by atoms with van der Waals surface area (Å²) in [6.45, 7) is 3.22. The Morgan fingerprint density at radius 2 is 1.81 bits per heavy atom. The van der Waals surface area contributed by atoms with Gasteiger partial charge in [0.2, 0.25) is 0 Å². The molecule has 0 unspecified atom stereocenters. The minimum atomic E-state index is -0.985. The summed E-state index contributed by atoms with van der Waals surface area (Å²) < 4.78 is 6.91. The van der Waals surface area contributed by atoms with E-state index in [1.54, 1.807) is 48.5 Å². The number of hydrogen-bond acceptors (Lipinski definition) is 6. The number of aromatic nitrogens is 2. The predicted octanol–water partition coefficient (Wildman–Crippen LogP) is 2.07. The summed E-state index contributed by atoms with van der Waals surface area (Å²) in [5.41, 5.74) is 2.42.